The van der Waals surface area contributed by atoms with Gasteiger partial charge in [-0.2, -0.15) is 0 Å². The van der Waals surface area contributed by atoms with Crippen LogP contribution in [0.1, 0.15) is 162 Å². The molecule has 0 aliphatic carbocycles. The van der Waals surface area contributed by atoms with Crippen molar-refractivity contribution in [2.45, 2.75) is 174 Å². The summed E-state index contributed by atoms with van der Waals surface area (Å²) in [5, 5.41) is 8.85. The fourth-order valence-electron chi connectivity index (χ4n) is 4.86. The number of hydrogen-bond donors (Lipinski definition) is 3. The molecule has 0 bridgehead atoms. The second kappa shape index (κ2) is 33.1. The summed E-state index contributed by atoms with van der Waals surface area (Å²) in [5.74, 6) is -2.40. The van der Waals surface area contributed by atoms with Gasteiger partial charge in [0, 0.05) is 12.8 Å². The van der Waals surface area contributed by atoms with Gasteiger partial charge in [-0.1, -0.05) is 115 Å². The average molecular weight is 718 g/mol. The van der Waals surface area contributed by atoms with Crippen LogP contribution >= 0.6 is 7.82 Å². The number of carboxylic acids is 1. The SMILES string of the molecule is CCCC/C=C/CCCCCCCC(=O)OC[C@H](COP(=O)(O)OC[C@H](N)C(=O)O)OC(=O)CCCCCCC/C=C/CCCCCCC. The Morgan fingerprint density at radius 2 is 1.04 bits per heavy atom. The first-order valence-electron chi connectivity index (χ1n) is 18.9. The Morgan fingerprint density at radius 3 is 1.55 bits per heavy atom. The lowest BCUT2D eigenvalue weighted by Crippen LogP contribution is -2.34. The van der Waals surface area contributed by atoms with Crippen LogP contribution in [-0.4, -0.2) is 59.9 Å². The molecule has 4 N–H and O–H groups in total. The van der Waals surface area contributed by atoms with E-state index in [1.807, 2.05) is 0 Å². The lowest BCUT2D eigenvalue weighted by atomic mass is 10.1. The summed E-state index contributed by atoms with van der Waals surface area (Å²) in [6.45, 7) is 2.71. The minimum absolute atomic E-state index is 0.150. The number of ether oxygens (including phenoxy) is 2. The molecule has 0 saturated heterocycles. The highest BCUT2D eigenvalue weighted by Gasteiger charge is 2.28. The molecule has 49 heavy (non-hydrogen) atoms. The third-order valence-corrected chi connectivity index (χ3v) is 8.87. The van der Waals surface area contributed by atoms with Gasteiger partial charge in [0.2, 0.25) is 0 Å². The molecule has 0 aliphatic heterocycles. The summed E-state index contributed by atoms with van der Waals surface area (Å²) in [5.41, 5.74) is 5.31. The number of rotatable bonds is 35. The Bertz CT molecular complexity index is 942. The van der Waals surface area contributed by atoms with E-state index in [2.05, 4.69) is 42.7 Å². The van der Waals surface area contributed by atoms with E-state index in [0.29, 0.717) is 12.8 Å². The topological polar surface area (TPSA) is 172 Å². The van der Waals surface area contributed by atoms with Gasteiger partial charge in [-0.3, -0.25) is 23.4 Å². The van der Waals surface area contributed by atoms with Gasteiger partial charge in [-0.15, -0.1) is 0 Å². The molecule has 0 radical (unpaired) electrons. The van der Waals surface area contributed by atoms with Gasteiger partial charge < -0.3 is 25.2 Å². The Balaban J connectivity index is 4.47. The molecule has 286 valence electrons. The lowest BCUT2D eigenvalue weighted by molar-refractivity contribution is -0.161. The third-order valence-electron chi connectivity index (χ3n) is 7.92. The van der Waals surface area contributed by atoms with E-state index in [9.17, 15) is 23.8 Å². The molecule has 12 heteroatoms. The van der Waals surface area contributed by atoms with Crippen LogP contribution in [0.3, 0.4) is 0 Å². The van der Waals surface area contributed by atoms with E-state index in [0.717, 1.165) is 77.0 Å². The summed E-state index contributed by atoms with van der Waals surface area (Å²) in [7, 11) is -4.71. The molecule has 0 rings (SSSR count). The number of phosphoric ester groups is 1. The summed E-state index contributed by atoms with van der Waals surface area (Å²) in [6.07, 6.45) is 31.1. The van der Waals surface area contributed by atoms with Crippen LogP contribution in [0.5, 0.6) is 0 Å². The smallest absolute Gasteiger partial charge is 0.472 e. The maximum Gasteiger partial charge on any atom is 0.472 e. The van der Waals surface area contributed by atoms with E-state index < -0.39 is 51.1 Å². The van der Waals surface area contributed by atoms with Crippen molar-refractivity contribution < 1.29 is 47.5 Å². The molecule has 0 spiro atoms. The van der Waals surface area contributed by atoms with Crippen molar-refractivity contribution in [1.82, 2.24) is 0 Å². The predicted octanol–water partition coefficient (Wildman–Crippen LogP) is 9.11. The molecule has 0 heterocycles. The van der Waals surface area contributed by atoms with Crippen LogP contribution in [0.25, 0.3) is 0 Å². The van der Waals surface area contributed by atoms with Crippen molar-refractivity contribution in [3.05, 3.63) is 24.3 Å². The van der Waals surface area contributed by atoms with Crippen LogP contribution in [0.4, 0.5) is 0 Å². The normalized spacial score (nSPS) is 14.2. The number of unbranched alkanes of at least 4 members (excludes halogenated alkanes) is 17. The predicted molar refractivity (Wildman–Crippen MR) is 194 cm³/mol. The molecule has 0 aromatic carbocycles. The number of nitrogens with two attached hydrogens (primary N) is 1. The van der Waals surface area contributed by atoms with Gasteiger partial charge in [0.25, 0.3) is 0 Å². The second-order valence-electron chi connectivity index (χ2n) is 12.7. The van der Waals surface area contributed by atoms with E-state index >= 15 is 0 Å². The third kappa shape index (κ3) is 32.9. The Labute approximate surface area is 296 Å². The van der Waals surface area contributed by atoms with Crippen molar-refractivity contribution >= 4 is 25.7 Å². The average Bonchev–Trinajstić information content (AvgIpc) is 3.07. The highest BCUT2D eigenvalue weighted by Crippen LogP contribution is 2.43. The van der Waals surface area contributed by atoms with Gasteiger partial charge in [-0.25, -0.2) is 4.57 Å². The summed E-state index contributed by atoms with van der Waals surface area (Å²) in [4.78, 5) is 45.7. The zero-order chi connectivity index (χ0) is 36.4. The molecular formula is C37H68NO10P. The fraction of sp³-hybridized carbons (Fsp3) is 0.811. The number of allylic oxidation sites excluding steroid dienone is 4. The maximum atomic E-state index is 12.5. The van der Waals surface area contributed by atoms with Gasteiger partial charge in [-0.05, 0) is 57.8 Å². The van der Waals surface area contributed by atoms with Crippen molar-refractivity contribution in [2.75, 3.05) is 19.8 Å². The van der Waals surface area contributed by atoms with Gasteiger partial charge in [0.1, 0.15) is 12.6 Å². The number of carbonyl (C=O) groups excluding carboxylic acids is 2. The van der Waals surface area contributed by atoms with E-state index in [1.54, 1.807) is 0 Å². The Hall–Kier alpha value is -2.04. The molecule has 0 aromatic heterocycles. The van der Waals surface area contributed by atoms with E-state index in [4.69, 9.17) is 24.8 Å². The lowest BCUT2D eigenvalue weighted by Gasteiger charge is -2.20. The molecule has 11 nitrogen and oxygen atoms in total. The first-order valence-corrected chi connectivity index (χ1v) is 20.4. The van der Waals surface area contributed by atoms with Gasteiger partial charge in [0.05, 0.1) is 13.2 Å². The zero-order valence-electron chi connectivity index (χ0n) is 30.5. The quantitative estimate of drug-likeness (QED) is 0.0247. The van der Waals surface area contributed by atoms with Gasteiger partial charge >= 0.3 is 25.7 Å². The first kappa shape index (κ1) is 47.0. The zero-order valence-corrected chi connectivity index (χ0v) is 31.4. The first-order chi connectivity index (χ1) is 23.6. The molecule has 1 unspecified atom stereocenters. The monoisotopic (exact) mass is 717 g/mol. The number of carbonyl (C=O) groups is 3. The largest absolute Gasteiger partial charge is 0.480 e. The Morgan fingerprint density at radius 1 is 0.612 bits per heavy atom. The van der Waals surface area contributed by atoms with Crippen LogP contribution in [-0.2, 0) is 37.5 Å². The second-order valence-corrected chi connectivity index (χ2v) is 14.2. The summed E-state index contributed by atoms with van der Waals surface area (Å²) < 4.78 is 32.5. The Kier molecular flexibility index (Phi) is 31.7. The molecule has 0 aromatic rings. The molecule has 3 atom stereocenters. The van der Waals surface area contributed by atoms with Crippen molar-refractivity contribution in [1.29, 1.82) is 0 Å². The van der Waals surface area contributed by atoms with Crippen LogP contribution in [0, 0.1) is 0 Å². The minimum Gasteiger partial charge on any atom is -0.480 e. The highest BCUT2D eigenvalue weighted by molar-refractivity contribution is 7.47. The highest BCUT2D eigenvalue weighted by atomic mass is 31.2. The van der Waals surface area contributed by atoms with Crippen molar-refractivity contribution in [3.63, 3.8) is 0 Å². The maximum absolute atomic E-state index is 12.5. The summed E-state index contributed by atoms with van der Waals surface area (Å²) >= 11 is 0. The van der Waals surface area contributed by atoms with Crippen LogP contribution < -0.4 is 5.73 Å². The number of aliphatic carboxylic acids is 1. The molecule has 0 fully saturated rings. The summed E-state index contributed by atoms with van der Waals surface area (Å²) in [6, 6.07) is -1.52. The number of hydrogen-bond acceptors (Lipinski definition) is 9. The standard InChI is InChI=1S/C37H68NO10P/c1-3-5-7-9-11-13-15-16-17-19-21-23-25-27-29-36(40)48-33(31-46-49(43,44)47-32-34(38)37(41)42)30-45-35(39)28-26-24-22-20-18-14-12-10-8-6-4-2/h10,12,15-16,33-34H,3-9,11,13-14,17-32,38H2,1-2H3,(H,41,42)(H,43,44)/b12-10+,16-15+/t33-,34+/m1/s1. The number of phosphoric acid groups is 1. The van der Waals surface area contributed by atoms with Crippen molar-refractivity contribution in [2.24, 2.45) is 5.73 Å². The molecule has 0 aliphatic rings. The molecule has 0 saturated carbocycles. The van der Waals surface area contributed by atoms with E-state index in [-0.39, 0.29) is 19.4 Å². The minimum atomic E-state index is -4.71. The number of esters is 2. The molecule has 0 amide bonds. The van der Waals surface area contributed by atoms with Crippen LogP contribution in [0.15, 0.2) is 24.3 Å². The van der Waals surface area contributed by atoms with Gasteiger partial charge in [0.15, 0.2) is 6.10 Å². The van der Waals surface area contributed by atoms with Crippen LogP contribution in [0.2, 0.25) is 0 Å². The number of carboxylic acid groups (broad SMARTS) is 1. The fourth-order valence-corrected chi connectivity index (χ4v) is 5.64. The van der Waals surface area contributed by atoms with Crippen molar-refractivity contribution in [3.8, 4) is 0 Å². The molecular weight excluding hydrogens is 649 g/mol. The van der Waals surface area contributed by atoms with E-state index in [1.165, 1.54) is 44.9 Å².